The summed E-state index contributed by atoms with van der Waals surface area (Å²) >= 11 is 0. The van der Waals surface area contributed by atoms with Crippen LogP contribution in [0.5, 0.6) is 5.75 Å². The number of hydrogen-bond donors (Lipinski definition) is 1. The molecule has 2 atom stereocenters. The Morgan fingerprint density at radius 1 is 1.04 bits per heavy atom. The molecule has 1 fully saturated rings. The number of sulfonamides is 1. The molecule has 0 aliphatic heterocycles. The van der Waals surface area contributed by atoms with Crippen LogP contribution in [0.3, 0.4) is 0 Å². The zero-order valence-electron chi connectivity index (χ0n) is 13.6. The van der Waals surface area contributed by atoms with Gasteiger partial charge in [0, 0.05) is 16.8 Å². The first-order valence-electron chi connectivity index (χ1n) is 8.11. The highest BCUT2D eigenvalue weighted by molar-refractivity contribution is 7.89. The highest BCUT2D eigenvalue weighted by Crippen LogP contribution is 2.32. The van der Waals surface area contributed by atoms with Crippen molar-refractivity contribution in [1.82, 2.24) is 4.72 Å². The minimum absolute atomic E-state index is 0.0228. The van der Waals surface area contributed by atoms with Crippen molar-refractivity contribution >= 4 is 20.8 Å². The van der Waals surface area contributed by atoms with Crippen molar-refractivity contribution in [3.05, 3.63) is 36.4 Å². The summed E-state index contributed by atoms with van der Waals surface area (Å²) < 4.78 is 34.1. The van der Waals surface area contributed by atoms with E-state index in [1.165, 1.54) is 6.42 Å². The molecule has 3 rings (SSSR count). The van der Waals surface area contributed by atoms with E-state index >= 15 is 0 Å². The van der Waals surface area contributed by atoms with Gasteiger partial charge in [0.2, 0.25) is 10.0 Å². The molecule has 0 aromatic heterocycles. The Kier molecular flexibility index (Phi) is 4.60. The Hall–Kier alpha value is -1.59. The van der Waals surface area contributed by atoms with E-state index in [2.05, 4.69) is 11.6 Å². The fourth-order valence-electron chi connectivity index (χ4n) is 3.41. The summed E-state index contributed by atoms with van der Waals surface area (Å²) in [5.74, 6) is 1.06. The van der Waals surface area contributed by atoms with Crippen LogP contribution in [0.15, 0.2) is 41.3 Å². The Balaban J connectivity index is 2.01. The van der Waals surface area contributed by atoms with Gasteiger partial charge in [0.25, 0.3) is 0 Å². The monoisotopic (exact) mass is 333 g/mol. The minimum atomic E-state index is -3.55. The third-order valence-corrected chi connectivity index (χ3v) is 6.32. The number of methoxy groups -OCH3 is 1. The quantitative estimate of drug-likeness (QED) is 0.928. The van der Waals surface area contributed by atoms with E-state index < -0.39 is 10.0 Å². The lowest BCUT2D eigenvalue weighted by Gasteiger charge is -2.29. The molecule has 1 saturated carbocycles. The van der Waals surface area contributed by atoms with Crippen LogP contribution in [0.25, 0.3) is 10.8 Å². The third-order valence-electron chi connectivity index (χ3n) is 4.77. The Morgan fingerprint density at radius 2 is 1.74 bits per heavy atom. The van der Waals surface area contributed by atoms with Gasteiger partial charge in [0.05, 0.1) is 12.0 Å². The largest absolute Gasteiger partial charge is 0.496 e. The van der Waals surface area contributed by atoms with Gasteiger partial charge in [-0.25, -0.2) is 13.1 Å². The van der Waals surface area contributed by atoms with Gasteiger partial charge in [-0.3, -0.25) is 0 Å². The van der Waals surface area contributed by atoms with Gasteiger partial charge in [0.1, 0.15) is 5.75 Å². The lowest BCUT2D eigenvalue weighted by molar-refractivity contribution is 0.310. The van der Waals surface area contributed by atoms with Gasteiger partial charge < -0.3 is 4.74 Å². The van der Waals surface area contributed by atoms with Crippen molar-refractivity contribution in [3.63, 3.8) is 0 Å². The van der Waals surface area contributed by atoms with E-state index in [0.717, 1.165) is 24.6 Å². The Labute approximate surface area is 137 Å². The molecule has 0 radical (unpaired) electrons. The van der Waals surface area contributed by atoms with Crippen molar-refractivity contribution in [2.24, 2.45) is 5.92 Å². The summed E-state index contributed by atoms with van der Waals surface area (Å²) in [6, 6.07) is 10.8. The summed E-state index contributed by atoms with van der Waals surface area (Å²) in [4.78, 5) is 0.326. The molecule has 0 heterocycles. The summed E-state index contributed by atoms with van der Waals surface area (Å²) in [6.07, 6.45) is 4.26. The highest BCUT2D eigenvalue weighted by atomic mass is 32.2. The fraction of sp³-hybridized carbons (Fsp3) is 0.444. The van der Waals surface area contributed by atoms with Crippen LogP contribution in [0.1, 0.15) is 32.6 Å². The molecule has 1 aliphatic rings. The van der Waals surface area contributed by atoms with Crippen LogP contribution in [-0.4, -0.2) is 21.6 Å². The van der Waals surface area contributed by atoms with Gasteiger partial charge in [-0.15, -0.1) is 0 Å². The first-order chi connectivity index (χ1) is 11.0. The molecule has 5 heteroatoms. The van der Waals surface area contributed by atoms with Crippen LogP contribution in [0.4, 0.5) is 0 Å². The molecule has 124 valence electrons. The molecular weight excluding hydrogens is 310 g/mol. The molecule has 0 spiro atoms. The van der Waals surface area contributed by atoms with E-state index in [1.54, 1.807) is 19.2 Å². The lowest BCUT2D eigenvalue weighted by atomic mass is 9.87. The standard InChI is InChI=1S/C18H23NO3S/c1-13-7-3-6-10-16(13)19-23(20,21)18-12-11-17(22-2)14-8-4-5-9-15(14)18/h4-5,8-9,11-13,16,19H,3,6-7,10H2,1-2H3/t13-,16+/m0/s1. The zero-order chi connectivity index (χ0) is 16.4. The molecule has 0 amide bonds. The number of ether oxygens (including phenoxy) is 1. The van der Waals surface area contributed by atoms with Crippen molar-refractivity contribution < 1.29 is 13.2 Å². The summed E-state index contributed by atoms with van der Waals surface area (Å²) in [5, 5.41) is 1.51. The maximum Gasteiger partial charge on any atom is 0.241 e. The fourth-order valence-corrected chi connectivity index (χ4v) is 5.00. The predicted molar refractivity (Wildman–Crippen MR) is 92.2 cm³/mol. The molecule has 0 bridgehead atoms. The number of rotatable bonds is 4. The van der Waals surface area contributed by atoms with Gasteiger partial charge in [-0.1, -0.05) is 44.0 Å². The number of hydrogen-bond acceptors (Lipinski definition) is 3. The van der Waals surface area contributed by atoms with Crippen molar-refractivity contribution in [2.75, 3.05) is 7.11 Å². The molecular formula is C18H23NO3S. The van der Waals surface area contributed by atoms with Gasteiger partial charge in [0.15, 0.2) is 0 Å². The number of fused-ring (bicyclic) bond motifs is 1. The molecule has 2 aromatic rings. The minimum Gasteiger partial charge on any atom is -0.496 e. The van der Waals surface area contributed by atoms with E-state index in [4.69, 9.17) is 4.74 Å². The molecule has 2 aromatic carbocycles. The smallest absolute Gasteiger partial charge is 0.241 e. The SMILES string of the molecule is COc1ccc(S(=O)(=O)N[C@@H]2CCCC[C@@H]2C)c2ccccc12. The average molecular weight is 333 g/mol. The maximum atomic E-state index is 12.9. The predicted octanol–water partition coefficient (Wildman–Crippen LogP) is 3.71. The van der Waals surface area contributed by atoms with E-state index in [1.807, 2.05) is 24.3 Å². The van der Waals surface area contributed by atoms with Crippen molar-refractivity contribution in [2.45, 2.75) is 43.5 Å². The second kappa shape index (κ2) is 6.49. The Bertz CT molecular complexity index is 801. The zero-order valence-corrected chi connectivity index (χ0v) is 14.4. The van der Waals surface area contributed by atoms with Gasteiger partial charge in [-0.2, -0.15) is 0 Å². The molecule has 1 aliphatic carbocycles. The van der Waals surface area contributed by atoms with E-state index in [9.17, 15) is 8.42 Å². The molecule has 23 heavy (non-hydrogen) atoms. The van der Waals surface area contributed by atoms with Crippen LogP contribution in [0, 0.1) is 5.92 Å². The Morgan fingerprint density at radius 3 is 2.43 bits per heavy atom. The van der Waals surface area contributed by atoms with E-state index in [-0.39, 0.29) is 6.04 Å². The van der Waals surface area contributed by atoms with Gasteiger partial charge >= 0.3 is 0 Å². The van der Waals surface area contributed by atoms with Gasteiger partial charge in [-0.05, 0) is 30.9 Å². The average Bonchev–Trinajstić information content (AvgIpc) is 2.55. The normalized spacial score (nSPS) is 22.2. The highest BCUT2D eigenvalue weighted by Gasteiger charge is 2.28. The molecule has 1 N–H and O–H groups in total. The molecule has 4 nitrogen and oxygen atoms in total. The second-order valence-electron chi connectivity index (χ2n) is 6.30. The summed E-state index contributed by atoms with van der Waals surface area (Å²) in [6.45, 7) is 2.12. The topological polar surface area (TPSA) is 55.4 Å². The molecule has 0 saturated heterocycles. The number of nitrogens with one attached hydrogen (secondary N) is 1. The molecule has 0 unspecified atom stereocenters. The number of benzene rings is 2. The second-order valence-corrected chi connectivity index (χ2v) is 7.98. The third kappa shape index (κ3) is 3.21. The summed E-state index contributed by atoms with van der Waals surface area (Å²) in [7, 11) is -1.95. The van der Waals surface area contributed by atoms with Crippen LogP contribution in [0.2, 0.25) is 0 Å². The van der Waals surface area contributed by atoms with Crippen molar-refractivity contribution in [1.29, 1.82) is 0 Å². The summed E-state index contributed by atoms with van der Waals surface area (Å²) in [5.41, 5.74) is 0. The van der Waals surface area contributed by atoms with Crippen LogP contribution < -0.4 is 9.46 Å². The first kappa shape index (κ1) is 16.3. The first-order valence-corrected chi connectivity index (χ1v) is 9.59. The van der Waals surface area contributed by atoms with Crippen LogP contribution >= 0.6 is 0 Å². The lowest BCUT2D eigenvalue weighted by Crippen LogP contribution is -2.41. The maximum absolute atomic E-state index is 12.9. The van der Waals surface area contributed by atoms with Crippen molar-refractivity contribution in [3.8, 4) is 5.75 Å². The van der Waals surface area contributed by atoms with Crippen LogP contribution in [-0.2, 0) is 10.0 Å². The van der Waals surface area contributed by atoms with E-state index in [0.29, 0.717) is 21.9 Å².